The highest BCUT2D eigenvalue weighted by Crippen LogP contribution is 2.61. The fraction of sp³-hybridized carbons (Fsp3) is 0.708. The van der Waals surface area contributed by atoms with E-state index in [4.69, 9.17) is 9.31 Å². The number of carbonyl (C=O) groups excluding carboxylic acids is 1. The van der Waals surface area contributed by atoms with Crippen LogP contribution in [0.15, 0.2) is 30.3 Å². The van der Waals surface area contributed by atoms with Crippen LogP contribution < -0.4 is 5.32 Å². The molecule has 1 aliphatic heterocycles. The molecule has 4 saturated carbocycles. The highest BCUT2D eigenvalue weighted by Gasteiger charge is 2.62. The number of hydrogen-bond donors (Lipinski definition) is 1. The third kappa shape index (κ3) is 3.77. The van der Waals surface area contributed by atoms with Crippen molar-refractivity contribution >= 4 is 13.0 Å². The van der Waals surface area contributed by atoms with Gasteiger partial charge < -0.3 is 14.6 Å². The number of amides is 1. The Kier molecular flexibility index (Phi) is 5.24. The first kappa shape index (κ1) is 19.6. The molecule has 5 atom stereocenters. The van der Waals surface area contributed by atoms with E-state index in [1.807, 2.05) is 18.2 Å². The van der Waals surface area contributed by atoms with Crippen molar-refractivity contribution in [3.05, 3.63) is 35.9 Å². The summed E-state index contributed by atoms with van der Waals surface area (Å²) >= 11 is 0. The van der Waals surface area contributed by atoms with Crippen molar-refractivity contribution in [1.82, 2.24) is 5.32 Å². The summed E-state index contributed by atoms with van der Waals surface area (Å²) in [6, 6.07) is 10.2. The van der Waals surface area contributed by atoms with Crippen LogP contribution >= 0.6 is 0 Å². The fourth-order valence-electron chi connectivity index (χ4n) is 6.06. The van der Waals surface area contributed by atoms with Crippen molar-refractivity contribution in [3.63, 3.8) is 0 Å². The highest BCUT2D eigenvalue weighted by molar-refractivity contribution is 6.47. The summed E-state index contributed by atoms with van der Waals surface area (Å²) in [4.78, 5) is 12.7. The third-order valence-corrected chi connectivity index (χ3v) is 8.40. The van der Waals surface area contributed by atoms with Crippen molar-refractivity contribution < 1.29 is 14.1 Å². The Morgan fingerprint density at radius 3 is 2.69 bits per heavy atom. The number of carbonyl (C=O) groups is 1. The molecule has 4 aliphatic carbocycles. The average molecular weight is 395 g/mol. The lowest BCUT2D eigenvalue weighted by Gasteiger charge is -2.60. The molecule has 1 aromatic carbocycles. The van der Waals surface area contributed by atoms with Crippen molar-refractivity contribution in [1.29, 1.82) is 0 Å². The Bertz CT molecular complexity index is 735. The second kappa shape index (κ2) is 7.74. The van der Waals surface area contributed by atoms with E-state index in [1.54, 1.807) is 0 Å². The molecule has 156 valence electrons. The van der Waals surface area contributed by atoms with E-state index in [9.17, 15) is 4.79 Å². The topological polar surface area (TPSA) is 47.6 Å². The summed E-state index contributed by atoms with van der Waals surface area (Å²) < 4.78 is 12.9. The van der Waals surface area contributed by atoms with Gasteiger partial charge in [-0.25, -0.2) is 0 Å². The van der Waals surface area contributed by atoms with E-state index in [1.165, 1.54) is 31.2 Å². The van der Waals surface area contributed by atoms with Gasteiger partial charge in [0.1, 0.15) is 0 Å². The van der Waals surface area contributed by atoms with Gasteiger partial charge in [0, 0.05) is 6.42 Å². The lowest BCUT2D eigenvalue weighted by Crippen LogP contribution is -2.59. The molecule has 1 amide bonds. The molecule has 29 heavy (non-hydrogen) atoms. The summed E-state index contributed by atoms with van der Waals surface area (Å²) in [7, 11) is -0.276. The van der Waals surface area contributed by atoms with E-state index in [0.29, 0.717) is 23.7 Å². The third-order valence-electron chi connectivity index (χ3n) is 8.40. The number of hydrogen-bond acceptors (Lipinski definition) is 3. The van der Waals surface area contributed by atoms with Crippen LogP contribution in [0.4, 0.5) is 0 Å². The van der Waals surface area contributed by atoms with Gasteiger partial charge in [-0.05, 0) is 54.4 Å². The molecule has 5 aliphatic rings. The van der Waals surface area contributed by atoms with Gasteiger partial charge in [-0.15, -0.1) is 0 Å². The molecular formula is C24H34BNO3. The van der Waals surface area contributed by atoms with Gasteiger partial charge in [0.2, 0.25) is 5.91 Å². The molecule has 1 heterocycles. The van der Waals surface area contributed by atoms with E-state index in [0.717, 1.165) is 25.2 Å². The van der Waals surface area contributed by atoms with Crippen LogP contribution in [-0.2, 0) is 20.5 Å². The summed E-state index contributed by atoms with van der Waals surface area (Å²) in [5, 5.41) is 3.30. The van der Waals surface area contributed by atoms with E-state index >= 15 is 0 Å². The Labute approximate surface area is 175 Å². The standard InChI is InChI=1S/C24H34BNO3/c1-24(2)18-14-19(24)23-20(15-18)28-25(29-23)21(13-17-9-6-10-17)26-22(27)12-11-16-7-4-3-5-8-16/h3-5,7-8,17-21,23H,6,9-15H2,1-2H3,(H,26,27)/t18-,19+,20+,21-,23?/m0/s1. The van der Waals surface area contributed by atoms with Gasteiger partial charge in [-0.1, -0.05) is 63.4 Å². The van der Waals surface area contributed by atoms with Crippen LogP contribution in [0.1, 0.15) is 64.4 Å². The van der Waals surface area contributed by atoms with Crippen molar-refractivity contribution in [3.8, 4) is 0 Å². The molecule has 1 unspecified atom stereocenters. The summed E-state index contributed by atoms with van der Waals surface area (Å²) in [5.74, 6) is 2.17. The predicted octanol–water partition coefficient (Wildman–Crippen LogP) is 4.17. The molecule has 6 rings (SSSR count). The maximum atomic E-state index is 12.7. The smallest absolute Gasteiger partial charge is 0.404 e. The molecule has 5 heteroatoms. The molecule has 1 N–H and O–H groups in total. The molecule has 0 radical (unpaired) electrons. The normalized spacial score (nSPS) is 33.4. The fourth-order valence-corrected chi connectivity index (χ4v) is 6.06. The Morgan fingerprint density at radius 2 is 2.00 bits per heavy atom. The lowest BCUT2D eigenvalue weighted by molar-refractivity contribution is -0.150. The van der Waals surface area contributed by atoms with Crippen LogP contribution in [0.5, 0.6) is 0 Å². The van der Waals surface area contributed by atoms with Crippen molar-refractivity contribution in [2.45, 2.75) is 83.4 Å². The van der Waals surface area contributed by atoms with Gasteiger partial charge in [0.15, 0.2) is 0 Å². The second-order valence-corrected chi connectivity index (χ2v) is 10.4. The molecular weight excluding hydrogens is 361 g/mol. The number of nitrogens with one attached hydrogen (secondary N) is 1. The minimum atomic E-state index is -0.276. The van der Waals surface area contributed by atoms with Crippen LogP contribution in [0.25, 0.3) is 0 Å². The molecule has 1 saturated heterocycles. The molecule has 4 nitrogen and oxygen atoms in total. The Balaban J connectivity index is 1.21. The molecule has 2 bridgehead atoms. The van der Waals surface area contributed by atoms with Gasteiger partial charge in [0.05, 0.1) is 18.1 Å². The van der Waals surface area contributed by atoms with Gasteiger partial charge in [-0.3, -0.25) is 4.79 Å². The highest BCUT2D eigenvalue weighted by atomic mass is 16.7. The van der Waals surface area contributed by atoms with Crippen LogP contribution in [0.2, 0.25) is 0 Å². The van der Waals surface area contributed by atoms with Crippen LogP contribution in [0, 0.1) is 23.2 Å². The summed E-state index contributed by atoms with van der Waals surface area (Å²) in [6.07, 6.45) is 8.96. The minimum Gasteiger partial charge on any atom is -0.404 e. The number of rotatable bonds is 7. The van der Waals surface area contributed by atoms with Gasteiger partial charge in [0.25, 0.3) is 0 Å². The summed E-state index contributed by atoms with van der Waals surface area (Å²) in [5.41, 5.74) is 1.58. The van der Waals surface area contributed by atoms with E-state index < -0.39 is 0 Å². The monoisotopic (exact) mass is 395 g/mol. The van der Waals surface area contributed by atoms with Crippen molar-refractivity contribution in [2.75, 3.05) is 0 Å². The zero-order valence-electron chi connectivity index (χ0n) is 17.8. The molecule has 1 aromatic rings. The number of aryl methyl sites for hydroxylation is 1. The quantitative estimate of drug-likeness (QED) is 0.705. The zero-order valence-corrected chi connectivity index (χ0v) is 17.8. The minimum absolute atomic E-state index is 0.0190. The largest absolute Gasteiger partial charge is 0.481 e. The Morgan fingerprint density at radius 1 is 1.21 bits per heavy atom. The summed E-state index contributed by atoms with van der Waals surface area (Å²) in [6.45, 7) is 4.77. The predicted molar refractivity (Wildman–Crippen MR) is 114 cm³/mol. The zero-order chi connectivity index (χ0) is 20.0. The average Bonchev–Trinajstić information content (AvgIpc) is 3.13. The molecule has 0 spiro atoms. The maximum absolute atomic E-state index is 12.7. The van der Waals surface area contributed by atoms with E-state index in [2.05, 4.69) is 31.3 Å². The number of benzene rings is 1. The second-order valence-electron chi connectivity index (χ2n) is 10.4. The molecule has 5 fully saturated rings. The SMILES string of the molecule is CC1(C)[C@H]2C[C@@H]1C1OB([C@H](CC3CCC3)NC(=O)CCc3ccccc3)O[C@@H]1C2. The van der Waals surface area contributed by atoms with E-state index in [-0.39, 0.29) is 31.2 Å². The van der Waals surface area contributed by atoms with Crippen LogP contribution in [-0.4, -0.2) is 31.2 Å². The maximum Gasteiger partial charge on any atom is 0.481 e. The first-order valence-corrected chi connectivity index (χ1v) is 11.6. The lowest BCUT2D eigenvalue weighted by atomic mass is 9.47. The Hall–Kier alpha value is -1.33. The van der Waals surface area contributed by atoms with Gasteiger partial charge >= 0.3 is 7.12 Å². The first-order valence-electron chi connectivity index (χ1n) is 11.6. The first-order chi connectivity index (χ1) is 14.0. The van der Waals surface area contributed by atoms with Crippen LogP contribution in [0.3, 0.4) is 0 Å². The van der Waals surface area contributed by atoms with Gasteiger partial charge in [-0.2, -0.15) is 0 Å². The molecule has 0 aromatic heterocycles. The van der Waals surface area contributed by atoms with Crippen molar-refractivity contribution in [2.24, 2.45) is 23.2 Å².